The highest BCUT2D eigenvalue weighted by Gasteiger charge is 2.01. The molecular formula is C13H14O5. The van der Waals surface area contributed by atoms with Gasteiger partial charge in [-0.2, -0.15) is 0 Å². The Morgan fingerprint density at radius 1 is 1.39 bits per heavy atom. The molecule has 0 aliphatic heterocycles. The van der Waals surface area contributed by atoms with Gasteiger partial charge in [0.2, 0.25) is 0 Å². The highest BCUT2D eigenvalue weighted by Crippen LogP contribution is 2.14. The van der Waals surface area contributed by atoms with Gasteiger partial charge in [0.15, 0.2) is 0 Å². The zero-order valence-electron chi connectivity index (χ0n) is 9.96. The molecule has 0 saturated heterocycles. The van der Waals surface area contributed by atoms with E-state index < -0.39 is 5.97 Å². The molecule has 0 radical (unpaired) electrons. The van der Waals surface area contributed by atoms with Gasteiger partial charge in [-0.3, -0.25) is 4.79 Å². The molecule has 1 N–H and O–H groups in total. The van der Waals surface area contributed by atoms with Gasteiger partial charge < -0.3 is 14.6 Å². The van der Waals surface area contributed by atoms with E-state index in [1.54, 1.807) is 24.3 Å². The summed E-state index contributed by atoms with van der Waals surface area (Å²) in [4.78, 5) is 21.2. The van der Waals surface area contributed by atoms with E-state index in [0.29, 0.717) is 11.3 Å². The highest BCUT2D eigenvalue weighted by molar-refractivity contribution is 5.85. The van der Waals surface area contributed by atoms with E-state index in [-0.39, 0.29) is 19.0 Å². The minimum atomic E-state index is -1.01. The van der Waals surface area contributed by atoms with Crippen LogP contribution in [0.2, 0.25) is 0 Å². The Labute approximate surface area is 105 Å². The third kappa shape index (κ3) is 5.16. The number of benzene rings is 1. The normalized spacial score (nSPS) is 10.3. The maximum absolute atomic E-state index is 10.9. The maximum Gasteiger partial charge on any atom is 0.328 e. The average molecular weight is 250 g/mol. The summed E-state index contributed by atoms with van der Waals surface area (Å²) in [5.74, 6) is -0.768. The number of hydrogen-bond acceptors (Lipinski definition) is 4. The lowest BCUT2D eigenvalue weighted by atomic mass is 10.2. The van der Waals surface area contributed by atoms with Crippen LogP contribution in [0.4, 0.5) is 0 Å². The van der Waals surface area contributed by atoms with Crippen molar-refractivity contribution in [1.29, 1.82) is 0 Å². The second-order valence-electron chi connectivity index (χ2n) is 3.42. The van der Waals surface area contributed by atoms with Crippen molar-refractivity contribution in [2.24, 2.45) is 0 Å². The lowest BCUT2D eigenvalue weighted by Gasteiger charge is -2.05. The Morgan fingerprint density at radius 3 is 2.83 bits per heavy atom. The molecule has 5 nitrogen and oxygen atoms in total. The molecule has 0 fully saturated rings. The van der Waals surface area contributed by atoms with Gasteiger partial charge in [-0.1, -0.05) is 12.1 Å². The van der Waals surface area contributed by atoms with Gasteiger partial charge in [0.25, 0.3) is 0 Å². The number of carbonyl (C=O) groups excluding carboxylic acids is 1. The van der Waals surface area contributed by atoms with Crippen LogP contribution in [0.15, 0.2) is 30.3 Å². The Kier molecular flexibility index (Phi) is 5.44. The van der Waals surface area contributed by atoms with E-state index in [9.17, 15) is 9.59 Å². The Hall–Kier alpha value is -2.30. The highest BCUT2D eigenvalue weighted by atomic mass is 16.5. The maximum atomic E-state index is 10.9. The second-order valence-corrected chi connectivity index (χ2v) is 3.42. The van der Waals surface area contributed by atoms with Crippen molar-refractivity contribution in [2.75, 3.05) is 13.7 Å². The number of carboxylic acid groups (broad SMARTS) is 1. The SMILES string of the molecule is COC(=O)CCOc1cccc(C=CC(=O)O)c1. The number of aliphatic carboxylic acids is 1. The number of ether oxygens (including phenoxy) is 2. The number of carboxylic acids is 1. The number of rotatable bonds is 6. The summed E-state index contributed by atoms with van der Waals surface area (Å²) in [6, 6.07) is 6.92. The topological polar surface area (TPSA) is 72.8 Å². The van der Waals surface area contributed by atoms with E-state index in [1.807, 2.05) is 0 Å². The quantitative estimate of drug-likeness (QED) is 0.614. The Balaban J connectivity index is 2.54. The molecule has 0 bridgehead atoms. The molecule has 1 aromatic carbocycles. The van der Waals surface area contributed by atoms with Crippen molar-refractivity contribution < 1.29 is 24.2 Å². The van der Waals surface area contributed by atoms with Crippen molar-refractivity contribution in [3.63, 3.8) is 0 Å². The lowest BCUT2D eigenvalue weighted by Crippen LogP contribution is -2.07. The first-order valence-electron chi connectivity index (χ1n) is 5.32. The third-order valence-electron chi connectivity index (χ3n) is 2.08. The molecule has 0 aromatic heterocycles. The number of methoxy groups -OCH3 is 1. The molecule has 0 aliphatic rings. The van der Waals surface area contributed by atoms with Crippen molar-refractivity contribution in [1.82, 2.24) is 0 Å². The van der Waals surface area contributed by atoms with E-state index in [1.165, 1.54) is 13.2 Å². The fourth-order valence-corrected chi connectivity index (χ4v) is 1.23. The van der Waals surface area contributed by atoms with Crippen LogP contribution in [0.5, 0.6) is 5.75 Å². The minimum Gasteiger partial charge on any atom is -0.493 e. The molecule has 18 heavy (non-hydrogen) atoms. The number of carbonyl (C=O) groups is 2. The van der Waals surface area contributed by atoms with Crippen LogP contribution in [-0.4, -0.2) is 30.8 Å². The van der Waals surface area contributed by atoms with Crippen molar-refractivity contribution in [2.45, 2.75) is 6.42 Å². The molecule has 0 atom stereocenters. The van der Waals surface area contributed by atoms with Gasteiger partial charge in [-0.05, 0) is 23.8 Å². The first kappa shape index (κ1) is 13.8. The molecule has 0 amide bonds. The molecular weight excluding hydrogens is 236 g/mol. The lowest BCUT2D eigenvalue weighted by molar-refractivity contribution is -0.141. The fourth-order valence-electron chi connectivity index (χ4n) is 1.23. The predicted octanol–water partition coefficient (Wildman–Crippen LogP) is 1.73. The summed E-state index contributed by atoms with van der Waals surface area (Å²) in [6.45, 7) is 0.221. The van der Waals surface area contributed by atoms with Crippen molar-refractivity contribution >= 4 is 18.0 Å². The van der Waals surface area contributed by atoms with Crippen LogP contribution in [0, 0.1) is 0 Å². The van der Waals surface area contributed by atoms with Crippen LogP contribution >= 0.6 is 0 Å². The van der Waals surface area contributed by atoms with E-state index in [2.05, 4.69) is 4.74 Å². The number of hydrogen-bond donors (Lipinski definition) is 1. The van der Waals surface area contributed by atoms with Crippen LogP contribution in [-0.2, 0) is 14.3 Å². The molecule has 0 aliphatic carbocycles. The summed E-state index contributed by atoms with van der Waals surface area (Å²) < 4.78 is 9.83. The molecule has 5 heteroatoms. The molecule has 0 saturated carbocycles. The third-order valence-corrected chi connectivity index (χ3v) is 2.08. The standard InChI is InChI=1S/C13H14O5/c1-17-13(16)7-8-18-11-4-2-3-10(9-11)5-6-12(14)15/h2-6,9H,7-8H2,1H3,(H,14,15). The molecule has 0 spiro atoms. The van der Waals surface area contributed by atoms with E-state index >= 15 is 0 Å². The van der Waals surface area contributed by atoms with E-state index in [0.717, 1.165) is 6.08 Å². The summed E-state index contributed by atoms with van der Waals surface area (Å²) in [7, 11) is 1.32. The minimum absolute atomic E-state index is 0.172. The largest absolute Gasteiger partial charge is 0.493 e. The van der Waals surface area contributed by atoms with Gasteiger partial charge in [0, 0.05) is 6.08 Å². The smallest absolute Gasteiger partial charge is 0.328 e. The van der Waals surface area contributed by atoms with Crippen LogP contribution in [0.1, 0.15) is 12.0 Å². The fraction of sp³-hybridized carbons (Fsp3) is 0.231. The van der Waals surface area contributed by atoms with Crippen molar-refractivity contribution in [3.8, 4) is 5.75 Å². The molecule has 0 unspecified atom stereocenters. The zero-order valence-corrected chi connectivity index (χ0v) is 9.96. The molecule has 1 rings (SSSR count). The Bertz CT molecular complexity index is 450. The van der Waals surface area contributed by atoms with Gasteiger partial charge >= 0.3 is 11.9 Å². The van der Waals surface area contributed by atoms with Gasteiger partial charge in [-0.25, -0.2) is 4.79 Å². The van der Waals surface area contributed by atoms with Gasteiger partial charge in [0.1, 0.15) is 5.75 Å². The van der Waals surface area contributed by atoms with Gasteiger partial charge in [0.05, 0.1) is 20.1 Å². The monoisotopic (exact) mass is 250 g/mol. The van der Waals surface area contributed by atoms with Crippen LogP contribution in [0.25, 0.3) is 6.08 Å². The number of esters is 1. The second kappa shape index (κ2) is 7.11. The van der Waals surface area contributed by atoms with E-state index in [4.69, 9.17) is 9.84 Å². The summed E-state index contributed by atoms with van der Waals surface area (Å²) >= 11 is 0. The van der Waals surface area contributed by atoms with Crippen LogP contribution < -0.4 is 4.74 Å². The molecule has 1 aromatic rings. The molecule has 96 valence electrons. The summed E-state index contributed by atoms with van der Waals surface area (Å²) in [6.07, 6.45) is 2.69. The van der Waals surface area contributed by atoms with Crippen molar-refractivity contribution in [3.05, 3.63) is 35.9 Å². The Morgan fingerprint density at radius 2 is 2.17 bits per heavy atom. The van der Waals surface area contributed by atoms with Crippen LogP contribution in [0.3, 0.4) is 0 Å². The summed E-state index contributed by atoms with van der Waals surface area (Å²) in [5.41, 5.74) is 0.716. The average Bonchev–Trinajstić information content (AvgIpc) is 2.36. The zero-order chi connectivity index (χ0) is 13.4. The molecule has 0 heterocycles. The van der Waals surface area contributed by atoms with Gasteiger partial charge in [-0.15, -0.1) is 0 Å². The first-order chi connectivity index (χ1) is 8.61. The first-order valence-corrected chi connectivity index (χ1v) is 5.32. The predicted molar refractivity (Wildman–Crippen MR) is 65.2 cm³/mol. The summed E-state index contributed by atoms with van der Waals surface area (Å²) in [5, 5.41) is 8.50.